The fourth-order valence-electron chi connectivity index (χ4n) is 2.71. The third-order valence-electron chi connectivity index (χ3n) is 4.29. The molecule has 2 nitrogen and oxygen atoms in total. The van der Waals surface area contributed by atoms with E-state index < -0.39 is 0 Å². The summed E-state index contributed by atoms with van der Waals surface area (Å²) in [6.45, 7) is 12.3. The molecule has 2 aromatic carbocycles. The van der Waals surface area contributed by atoms with Gasteiger partial charge in [0.1, 0.15) is 0 Å². The summed E-state index contributed by atoms with van der Waals surface area (Å²) in [5.41, 5.74) is 2.77. The topological polar surface area (TPSA) is 24.1 Å². The van der Waals surface area contributed by atoms with Crippen molar-refractivity contribution in [1.82, 2.24) is 10.6 Å². The predicted octanol–water partition coefficient (Wildman–Crippen LogP) is 5.84. The van der Waals surface area contributed by atoms with E-state index in [1.54, 1.807) is 0 Å². The molecule has 2 aromatic rings. The van der Waals surface area contributed by atoms with E-state index in [4.69, 9.17) is 0 Å². The maximum absolute atomic E-state index is 3.41. The van der Waals surface area contributed by atoms with Crippen LogP contribution < -0.4 is 10.6 Å². The fourth-order valence-corrected chi connectivity index (χ4v) is 2.71. The molecule has 2 rings (SSSR count). The monoisotopic (exact) mass is 420 g/mol. The van der Waals surface area contributed by atoms with Crippen molar-refractivity contribution in [2.24, 2.45) is 11.8 Å². The largest absolute Gasteiger partial charge is 0.315 e. The van der Waals surface area contributed by atoms with Crippen molar-refractivity contribution in [2.75, 3.05) is 26.2 Å². The molecule has 0 saturated carbocycles. The van der Waals surface area contributed by atoms with Crippen molar-refractivity contribution in [3.8, 4) is 23.7 Å². The molecule has 0 amide bonds. The Bertz CT molecular complexity index is 798. The van der Waals surface area contributed by atoms with Gasteiger partial charge in [0.2, 0.25) is 0 Å². The number of hydrogen-bond donors (Lipinski definition) is 2. The highest BCUT2D eigenvalue weighted by atomic mass is 14.8. The van der Waals surface area contributed by atoms with E-state index in [0.717, 1.165) is 45.4 Å². The van der Waals surface area contributed by atoms with Crippen LogP contribution in [0.25, 0.3) is 0 Å². The van der Waals surface area contributed by atoms with Gasteiger partial charge in [0.05, 0.1) is 6.54 Å². The first-order valence-electron chi connectivity index (χ1n) is 11.5. The lowest BCUT2D eigenvalue weighted by Crippen LogP contribution is -2.18. The van der Waals surface area contributed by atoms with Crippen molar-refractivity contribution < 1.29 is 2.85 Å². The lowest BCUT2D eigenvalue weighted by Gasteiger charge is -2.02. The average Bonchev–Trinajstić information content (AvgIpc) is 2.77. The predicted molar refractivity (Wildman–Crippen MR) is 140 cm³/mol. The zero-order chi connectivity index (χ0) is 22.6. The molecule has 0 unspecified atom stereocenters. The molecule has 0 bridgehead atoms. The van der Waals surface area contributed by atoms with E-state index in [1.807, 2.05) is 6.07 Å². The molecule has 0 aliphatic rings. The van der Waals surface area contributed by atoms with E-state index in [0.29, 0.717) is 11.8 Å². The smallest absolute Gasteiger partial charge is 0.0576 e. The highest BCUT2D eigenvalue weighted by Gasteiger charge is 1.91. The van der Waals surface area contributed by atoms with Crippen LogP contribution in [0.5, 0.6) is 0 Å². The summed E-state index contributed by atoms with van der Waals surface area (Å²) in [6.07, 6.45) is 3.12. The highest BCUT2D eigenvalue weighted by Crippen LogP contribution is 1.98. The van der Waals surface area contributed by atoms with E-state index in [9.17, 15) is 0 Å². The molecule has 0 radical (unpaired) electrons. The van der Waals surface area contributed by atoms with Gasteiger partial charge in [-0.3, -0.25) is 0 Å². The SMILES string of the molecule is CC(C)C#CCCNCCc1ccccc1.CC(C)C#CCNCCc1ccccc1.[HH].[HH]. The quantitative estimate of drug-likeness (QED) is 0.393. The van der Waals surface area contributed by atoms with Crippen molar-refractivity contribution in [3.63, 3.8) is 0 Å². The zero-order valence-corrected chi connectivity index (χ0v) is 19.9. The zero-order valence-electron chi connectivity index (χ0n) is 19.9. The van der Waals surface area contributed by atoms with Gasteiger partial charge in [0.15, 0.2) is 0 Å². The number of nitrogens with one attached hydrogen (secondary N) is 2. The maximum Gasteiger partial charge on any atom is 0.0576 e. The fraction of sp³-hybridized carbons (Fsp3) is 0.448. The van der Waals surface area contributed by atoms with Gasteiger partial charge >= 0.3 is 0 Å². The van der Waals surface area contributed by atoms with E-state index >= 15 is 0 Å². The standard InChI is InChI=1S/C15H21N.C14H19N.2H2/c1-14(2)8-6-7-12-16-13-11-15-9-4-3-5-10-15;1-13(2)7-6-11-15-12-10-14-8-4-3-5-9-14;;/h3-5,9-10,14,16H,7,11-13H2,1-2H3;3-5,8-9,13,15H,10-12H2,1-2H3;2*1H. The molecular weight excluding hydrogens is 376 g/mol. The summed E-state index contributed by atoms with van der Waals surface area (Å²) in [5, 5.41) is 6.72. The molecule has 0 fully saturated rings. The summed E-state index contributed by atoms with van der Waals surface area (Å²) >= 11 is 0. The Morgan fingerprint density at radius 1 is 0.645 bits per heavy atom. The Labute approximate surface area is 194 Å². The van der Waals surface area contributed by atoms with Crippen LogP contribution >= 0.6 is 0 Å². The Hall–Kier alpha value is -2.52. The Morgan fingerprint density at radius 3 is 1.65 bits per heavy atom. The third kappa shape index (κ3) is 16.9. The molecule has 2 heteroatoms. The van der Waals surface area contributed by atoms with Crippen LogP contribution in [0, 0.1) is 35.5 Å². The number of hydrogen-bond acceptors (Lipinski definition) is 2. The molecule has 0 spiro atoms. The molecule has 0 saturated heterocycles. The van der Waals surface area contributed by atoms with Gasteiger partial charge in [-0.15, -0.1) is 11.8 Å². The first-order chi connectivity index (χ1) is 15.1. The summed E-state index contributed by atoms with van der Waals surface area (Å²) in [5.74, 6) is 13.5. The average molecular weight is 421 g/mol. The van der Waals surface area contributed by atoms with Crippen molar-refractivity contribution in [2.45, 2.75) is 47.0 Å². The Kier molecular flexibility index (Phi) is 15.6. The van der Waals surface area contributed by atoms with E-state index in [2.05, 4.69) is 117 Å². The first-order valence-corrected chi connectivity index (χ1v) is 11.5. The van der Waals surface area contributed by atoms with Crippen LogP contribution in [0.2, 0.25) is 0 Å². The van der Waals surface area contributed by atoms with Gasteiger partial charge in [-0.2, -0.15) is 0 Å². The van der Waals surface area contributed by atoms with E-state index in [-0.39, 0.29) is 2.85 Å². The van der Waals surface area contributed by atoms with E-state index in [1.165, 1.54) is 11.1 Å². The summed E-state index contributed by atoms with van der Waals surface area (Å²) in [4.78, 5) is 0. The third-order valence-corrected chi connectivity index (χ3v) is 4.29. The molecular formula is C29H44N2. The highest BCUT2D eigenvalue weighted by molar-refractivity contribution is 5.15. The normalized spacial score (nSPS) is 9.87. The van der Waals surface area contributed by atoms with Crippen LogP contribution in [0.1, 0.15) is 48.1 Å². The summed E-state index contributed by atoms with van der Waals surface area (Å²) in [6, 6.07) is 21.1. The van der Waals surface area contributed by atoms with Gasteiger partial charge in [0, 0.05) is 34.2 Å². The van der Waals surface area contributed by atoms with Crippen molar-refractivity contribution >= 4 is 0 Å². The molecule has 0 aliphatic carbocycles. The number of rotatable bonds is 9. The maximum atomic E-state index is 3.41. The number of benzene rings is 2. The first kappa shape index (κ1) is 26.5. The summed E-state index contributed by atoms with van der Waals surface area (Å²) in [7, 11) is 0. The molecule has 0 aliphatic heterocycles. The van der Waals surface area contributed by atoms with Crippen LogP contribution in [0.15, 0.2) is 60.7 Å². The second kappa shape index (κ2) is 18.3. The summed E-state index contributed by atoms with van der Waals surface area (Å²) < 4.78 is 0. The molecule has 0 heterocycles. The minimum Gasteiger partial charge on any atom is -0.315 e. The van der Waals surface area contributed by atoms with Crippen LogP contribution in [-0.2, 0) is 12.8 Å². The van der Waals surface area contributed by atoms with Gasteiger partial charge in [-0.25, -0.2) is 0 Å². The van der Waals surface area contributed by atoms with Gasteiger partial charge in [-0.1, -0.05) is 100 Å². The van der Waals surface area contributed by atoms with Gasteiger partial charge in [-0.05, 0) is 30.5 Å². The lowest BCUT2D eigenvalue weighted by molar-refractivity contribution is 0.693. The Morgan fingerprint density at radius 2 is 1.13 bits per heavy atom. The Balaban J connectivity index is 0. The van der Waals surface area contributed by atoms with Crippen molar-refractivity contribution in [3.05, 3.63) is 71.8 Å². The van der Waals surface area contributed by atoms with Crippen LogP contribution in [0.3, 0.4) is 0 Å². The molecule has 0 aromatic heterocycles. The second-order valence-corrected chi connectivity index (χ2v) is 8.10. The minimum absolute atomic E-state index is 0. The minimum atomic E-state index is 0. The molecule has 170 valence electrons. The molecule has 31 heavy (non-hydrogen) atoms. The van der Waals surface area contributed by atoms with Gasteiger partial charge in [0.25, 0.3) is 0 Å². The molecule has 2 N–H and O–H groups in total. The van der Waals surface area contributed by atoms with Crippen LogP contribution in [-0.4, -0.2) is 26.2 Å². The second-order valence-electron chi connectivity index (χ2n) is 8.10. The lowest BCUT2D eigenvalue weighted by atomic mass is 10.1. The molecule has 0 atom stereocenters. The van der Waals surface area contributed by atoms with Crippen LogP contribution in [0.4, 0.5) is 0 Å². The van der Waals surface area contributed by atoms with Gasteiger partial charge < -0.3 is 10.6 Å². The van der Waals surface area contributed by atoms with Crippen molar-refractivity contribution in [1.29, 1.82) is 0 Å².